The molecule has 3 aromatic rings. The van der Waals surface area contributed by atoms with Gasteiger partial charge < -0.3 is 9.80 Å². The van der Waals surface area contributed by atoms with Gasteiger partial charge in [-0.05, 0) is 30.2 Å². The van der Waals surface area contributed by atoms with Crippen molar-refractivity contribution in [2.24, 2.45) is 7.05 Å². The molecule has 0 atom stereocenters. The van der Waals surface area contributed by atoms with Crippen LogP contribution in [0.4, 0.5) is 33.9 Å². The van der Waals surface area contributed by atoms with Gasteiger partial charge in [-0.2, -0.15) is 18.3 Å². The lowest BCUT2D eigenvalue weighted by atomic mass is 10.0. The van der Waals surface area contributed by atoms with E-state index in [4.69, 9.17) is 0 Å². The maximum Gasteiger partial charge on any atom is 0.416 e. The van der Waals surface area contributed by atoms with Crippen molar-refractivity contribution in [2.45, 2.75) is 32.2 Å². The molecule has 3 heterocycles. The van der Waals surface area contributed by atoms with Crippen molar-refractivity contribution in [1.29, 1.82) is 0 Å². The second kappa shape index (κ2) is 8.03. The standard InChI is InChI=1S/C24H23F4N5O/c1-15-6-5-9-20(25)21(15)31-13-18(14-31)32-12-17-10-30(2)29-22(17)33(23(32)34)11-16-7-3-4-8-19(16)24(26,27)28/h3-10,18H,11-14H2,1-2H3. The SMILES string of the molecule is Cc1cccc(F)c1N1CC(N2Cc3cn(C)nc3N(Cc3ccccc3C(F)(F)F)C2=O)C1. The molecule has 5 rings (SSSR count). The molecule has 178 valence electrons. The summed E-state index contributed by atoms with van der Waals surface area (Å²) in [6, 6.07) is 9.54. The summed E-state index contributed by atoms with van der Waals surface area (Å²) in [4.78, 5) is 18.3. The van der Waals surface area contributed by atoms with Crippen molar-refractivity contribution >= 4 is 17.5 Å². The van der Waals surface area contributed by atoms with Crippen LogP contribution in [0.3, 0.4) is 0 Å². The van der Waals surface area contributed by atoms with Gasteiger partial charge in [0.05, 0.1) is 30.4 Å². The molecule has 1 aromatic heterocycles. The molecule has 2 aliphatic rings. The minimum Gasteiger partial charge on any atom is -0.365 e. The van der Waals surface area contributed by atoms with Crippen LogP contribution in [0.1, 0.15) is 22.3 Å². The molecule has 1 saturated heterocycles. The Bertz CT molecular complexity index is 1230. The van der Waals surface area contributed by atoms with Gasteiger partial charge in [-0.3, -0.25) is 9.58 Å². The Morgan fingerprint density at radius 1 is 1.09 bits per heavy atom. The summed E-state index contributed by atoms with van der Waals surface area (Å²) in [5.41, 5.74) is 1.30. The lowest BCUT2D eigenvalue weighted by Crippen LogP contribution is -2.64. The zero-order valence-electron chi connectivity index (χ0n) is 18.7. The van der Waals surface area contributed by atoms with E-state index in [1.807, 2.05) is 17.9 Å². The van der Waals surface area contributed by atoms with Gasteiger partial charge in [0.2, 0.25) is 0 Å². The number of aryl methyl sites for hydroxylation is 2. The van der Waals surface area contributed by atoms with Gasteiger partial charge in [0, 0.05) is 31.9 Å². The predicted molar refractivity (Wildman–Crippen MR) is 119 cm³/mol. The molecule has 0 saturated carbocycles. The Kier molecular flexibility index (Phi) is 5.26. The van der Waals surface area contributed by atoms with Crippen LogP contribution in [-0.2, 0) is 26.3 Å². The highest BCUT2D eigenvalue weighted by Gasteiger charge is 2.43. The molecule has 10 heteroatoms. The number of halogens is 4. The minimum absolute atomic E-state index is 0.000907. The van der Waals surface area contributed by atoms with E-state index in [0.717, 1.165) is 17.2 Å². The number of rotatable bonds is 4. The maximum atomic E-state index is 14.4. The van der Waals surface area contributed by atoms with Crippen LogP contribution in [0.25, 0.3) is 0 Å². The number of carbonyl (C=O) groups is 1. The van der Waals surface area contributed by atoms with Crippen LogP contribution in [0.2, 0.25) is 0 Å². The number of aromatic nitrogens is 2. The minimum atomic E-state index is -4.53. The highest BCUT2D eigenvalue weighted by atomic mass is 19.4. The highest BCUT2D eigenvalue weighted by molar-refractivity contribution is 5.94. The molecule has 0 unspecified atom stereocenters. The molecule has 34 heavy (non-hydrogen) atoms. The zero-order valence-corrected chi connectivity index (χ0v) is 18.7. The van der Waals surface area contributed by atoms with Crippen LogP contribution in [0, 0.1) is 12.7 Å². The van der Waals surface area contributed by atoms with Gasteiger partial charge in [0.25, 0.3) is 0 Å². The van der Waals surface area contributed by atoms with Crippen molar-refractivity contribution in [3.63, 3.8) is 0 Å². The number of nitrogens with zero attached hydrogens (tertiary/aromatic N) is 5. The number of anilines is 2. The fraction of sp³-hybridized carbons (Fsp3) is 0.333. The first-order chi connectivity index (χ1) is 16.1. The van der Waals surface area contributed by atoms with Crippen LogP contribution < -0.4 is 9.80 Å². The molecule has 2 amide bonds. The quantitative estimate of drug-likeness (QED) is 0.516. The molecular weight excluding hydrogens is 450 g/mol. The summed E-state index contributed by atoms with van der Waals surface area (Å²) in [5, 5.41) is 4.35. The summed E-state index contributed by atoms with van der Waals surface area (Å²) in [5.74, 6) is 0.0465. The molecule has 0 bridgehead atoms. The molecule has 2 aromatic carbocycles. The molecule has 0 radical (unpaired) electrons. The fourth-order valence-electron chi connectivity index (χ4n) is 4.75. The third-order valence-corrected chi connectivity index (χ3v) is 6.41. The second-order valence-corrected chi connectivity index (χ2v) is 8.77. The zero-order chi connectivity index (χ0) is 24.2. The number of hydrogen-bond donors (Lipinski definition) is 0. The van der Waals surface area contributed by atoms with Crippen molar-refractivity contribution in [3.8, 4) is 0 Å². The molecule has 0 N–H and O–H groups in total. The number of amides is 2. The average molecular weight is 473 g/mol. The Morgan fingerprint density at radius 2 is 1.82 bits per heavy atom. The first-order valence-corrected chi connectivity index (χ1v) is 10.9. The lowest BCUT2D eigenvalue weighted by molar-refractivity contribution is -0.138. The number of urea groups is 1. The van der Waals surface area contributed by atoms with Crippen molar-refractivity contribution < 1.29 is 22.4 Å². The summed E-state index contributed by atoms with van der Waals surface area (Å²) >= 11 is 0. The topological polar surface area (TPSA) is 44.6 Å². The Hall–Kier alpha value is -3.56. The number of benzene rings is 2. The molecule has 0 aliphatic carbocycles. The molecular formula is C24H23F4N5O. The van der Waals surface area contributed by atoms with E-state index in [1.165, 1.54) is 29.2 Å². The van der Waals surface area contributed by atoms with E-state index in [1.54, 1.807) is 28.9 Å². The summed E-state index contributed by atoms with van der Waals surface area (Å²) in [7, 11) is 1.71. The predicted octanol–water partition coefficient (Wildman–Crippen LogP) is 4.72. The van der Waals surface area contributed by atoms with E-state index in [-0.39, 0.29) is 24.0 Å². The van der Waals surface area contributed by atoms with Gasteiger partial charge in [-0.15, -0.1) is 0 Å². The Morgan fingerprint density at radius 3 is 2.53 bits per heavy atom. The van der Waals surface area contributed by atoms with Crippen molar-refractivity contribution in [1.82, 2.24) is 14.7 Å². The van der Waals surface area contributed by atoms with Gasteiger partial charge in [-0.1, -0.05) is 30.3 Å². The van der Waals surface area contributed by atoms with Crippen LogP contribution in [0.5, 0.6) is 0 Å². The van der Waals surface area contributed by atoms with Gasteiger partial charge >= 0.3 is 12.2 Å². The number of carbonyl (C=O) groups excluding carboxylic acids is 1. The second-order valence-electron chi connectivity index (χ2n) is 8.77. The maximum absolute atomic E-state index is 14.4. The van der Waals surface area contributed by atoms with E-state index >= 15 is 0 Å². The Labute approximate surface area is 194 Å². The van der Waals surface area contributed by atoms with Gasteiger partial charge in [0.1, 0.15) is 5.82 Å². The number of para-hydroxylation sites is 1. The lowest BCUT2D eigenvalue weighted by Gasteiger charge is -2.49. The molecule has 1 fully saturated rings. The first-order valence-electron chi connectivity index (χ1n) is 10.9. The summed E-state index contributed by atoms with van der Waals surface area (Å²) in [6.07, 6.45) is -2.76. The summed E-state index contributed by atoms with van der Waals surface area (Å²) in [6.45, 7) is 2.76. The molecule has 6 nitrogen and oxygen atoms in total. The molecule has 0 spiro atoms. The van der Waals surface area contributed by atoms with E-state index < -0.39 is 17.8 Å². The number of alkyl halides is 3. The number of hydrogen-bond acceptors (Lipinski definition) is 3. The highest BCUT2D eigenvalue weighted by Crippen LogP contribution is 2.37. The van der Waals surface area contributed by atoms with Crippen molar-refractivity contribution in [2.75, 3.05) is 22.9 Å². The summed E-state index contributed by atoms with van der Waals surface area (Å²) < 4.78 is 56.6. The normalized spacial score (nSPS) is 16.6. The smallest absolute Gasteiger partial charge is 0.365 e. The van der Waals surface area contributed by atoms with Crippen LogP contribution >= 0.6 is 0 Å². The van der Waals surface area contributed by atoms with E-state index in [9.17, 15) is 22.4 Å². The largest absolute Gasteiger partial charge is 0.416 e. The fourth-order valence-corrected chi connectivity index (χ4v) is 4.75. The van der Waals surface area contributed by atoms with Gasteiger partial charge in [-0.25, -0.2) is 9.18 Å². The van der Waals surface area contributed by atoms with Gasteiger partial charge in [0.15, 0.2) is 5.82 Å². The van der Waals surface area contributed by atoms with E-state index in [2.05, 4.69) is 5.10 Å². The monoisotopic (exact) mass is 473 g/mol. The number of fused-ring (bicyclic) bond motifs is 1. The first kappa shape index (κ1) is 22.2. The Balaban J connectivity index is 1.42. The molecule has 2 aliphatic heterocycles. The van der Waals surface area contributed by atoms with Crippen molar-refractivity contribution in [3.05, 3.63) is 76.7 Å². The average Bonchev–Trinajstić information content (AvgIpc) is 3.11. The third kappa shape index (κ3) is 3.76. The third-order valence-electron chi connectivity index (χ3n) is 6.41. The van der Waals surface area contributed by atoms with E-state index in [0.29, 0.717) is 31.1 Å². The van der Waals surface area contributed by atoms with Crippen LogP contribution in [0.15, 0.2) is 48.7 Å². The van der Waals surface area contributed by atoms with Crippen LogP contribution in [-0.4, -0.2) is 39.8 Å².